The van der Waals surface area contributed by atoms with Crippen LogP contribution in [0, 0.1) is 0 Å². The third kappa shape index (κ3) is 3.45. The van der Waals surface area contributed by atoms with E-state index < -0.39 is 5.91 Å². The first-order chi connectivity index (χ1) is 10.5. The minimum atomic E-state index is -0.507. The fourth-order valence-corrected chi connectivity index (χ4v) is 1.69. The van der Waals surface area contributed by atoms with Crippen molar-refractivity contribution in [3.05, 3.63) is 47.5 Å². The van der Waals surface area contributed by atoms with Gasteiger partial charge in [-0.25, -0.2) is 5.43 Å². The van der Waals surface area contributed by atoms with E-state index in [1.807, 2.05) is 0 Å². The molecule has 7 heteroatoms. The monoisotopic (exact) mass is 302 g/mol. The molecule has 0 bridgehead atoms. The number of carbonyl (C=O) groups is 1. The second-order valence-corrected chi connectivity index (χ2v) is 4.33. The molecule has 2 aromatic carbocycles. The van der Waals surface area contributed by atoms with Gasteiger partial charge in [0.15, 0.2) is 11.5 Å². The minimum absolute atomic E-state index is 0.0726. The van der Waals surface area contributed by atoms with Crippen molar-refractivity contribution in [1.29, 1.82) is 0 Å². The van der Waals surface area contributed by atoms with Gasteiger partial charge in [-0.05, 0) is 30.3 Å². The van der Waals surface area contributed by atoms with E-state index >= 15 is 0 Å². The molecule has 0 aromatic heterocycles. The smallest absolute Gasteiger partial charge is 0.271 e. The predicted molar refractivity (Wildman–Crippen MR) is 79.5 cm³/mol. The SMILES string of the molecule is COc1cc(C(=O)NN=Cc2ccc(O)cc2O)ccc1O. The van der Waals surface area contributed by atoms with E-state index in [2.05, 4.69) is 10.5 Å². The van der Waals surface area contributed by atoms with Crippen LogP contribution in [0.1, 0.15) is 15.9 Å². The molecular formula is C15H14N2O5. The summed E-state index contributed by atoms with van der Waals surface area (Å²) in [5.74, 6) is -0.642. The Morgan fingerprint density at radius 3 is 2.59 bits per heavy atom. The van der Waals surface area contributed by atoms with Gasteiger partial charge in [0, 0.05) is 17.2 Å². The Bertz CT molecular complexity index is 728. The number of carbonyl (C=O) groups excluding carboxylic acids is 1. The molecule has 1 amide bonds. The molecule has 0 saturated carbocycles. The summed E-state index contributed by atoms with van der Waals surface area (Å²) in [5.41, 5.74) is 2.87. The molecule has 7 nitrogen and oxygen atoms in total. The molecule has 0 spiro atoms. The van der Waals surface area contributed by atoms with E-state index in [1.165, 1.54) is 43.7 Å². The Balaban J connectivity index is 2.07. The number of hydrogen-bond donors (Lipinski definition) is 4. The Morgan fingerprint density at radius 2 is 1.91 bits per heavy atom. The van der Waals surface area contributed by atoms with E-state index in [-0.39, 0.29) is 28.6 Å². The summed E-state index contributed by atoms with van der Waals surface area (Å²) in [6.45, 7) is 0. The van der Waals surface area contributed by atoms with Crippen molar-refractivity contribution in [3.8, 4) is 23.0 Å². The molecule has 0 unspecified atom stereocenters. The van der Waals surface area contributed by atoms with E-state index in [0.717, 1.165) is 6.07 Å². The minimum Gasteiger partial charge on any atom is -0.508 e. The summed E-state index contributed by atoms with van der Waals surface area (Å²) in [4.78, 5) is 11.9. The number of nitrogens with one attached hydrogen (secondary N) is 1. The molecule has 2 aromatic rings. The second kappa shape index (κ2) is 6.49. The molecule has 0 aliphatic heterocycles. The third-order valence-corrected chi connectivity index (χ3v) is 2.83. The highest BCUT2D eigenvalue weighted by Gasteiger charge is 2.09. The van der Waals surface area contributed by atoms with Crippen molar-refractivity contribution in [3.63, 3.8) is 0 Å². The van der Waals surface area contributed by atoms with Gasteiger partial charge >= 0.3 is 0 Å². The number of aromatic hydroxyl groups is 3. The number of hydrogen-bond acceptors (Lipinski definition) is 6. The number of phenols is 3. The van der Waals surface area contributed by atoms with Crippen molar-refractivity contribution in [2.45, 2.75) is 0 Å². The summed E-state index contributed by atoms with van der Waals surface area (Å²) in [6.07, 6.45) is 1.24. The van der Waals surface area contributed by atoms with Crippen molar-refractivity contribution in [1.82, 2.24) is 5.43 Å². The van der Waals surface area contributed by atoms with E-state index in [9.17, 15) is 15.0 Å². The highest BCUT2D eigenvalue weighted by atomic mass is 16.5. The molecule has 0 atom stereocenters. The summed E-state index contributed by atoms with van der Waals surface area (Å²) >= 11 is 0. The molecule has 0 aliphatic carbocycles. The van der Waals surface area contributed by atoms with Gasteiger partial charge in [-0.15, -0.1) is 0 Å². The molecule has 0 radical (unpaired) electrons. The quantitative estimate of drug-likeness (QED) is 0.506. The van der Waals surface area contributed by atoms with Gasteiger partial charge in [0.2, 0.25) is 0 Å². The molecule has 4 N–H and O–H groups in total. The third-order valence-electron chi connectivity index (χ3n) is 2.83. The second-order valence-electron chi connectivity index (χ2n) is 4.33. The van der Waals surface area contributed by atoms with E-state index in [1.54, 1.807) is 0 Å². The lowest BCUT2D eigenvalue weighted by molar-refractivity contribution is 0.0954. The van der Waals surface area contributed by atoms with Gasteiger partial charge in [0.1, 0.15) is 11.5 Å². The average molecular weight is 302 g/mol. The lowest BCUT2D eigenvalue weighted by Gasteiger charge is -2.05. The number of nitrogens with zero attached hydrogens (tertiary/aromatic N) is 1. The zero-order valence-corrected chi connectivity index (χ0v) is 11.6. The normalized spacial score (nSPS) is 10.6. The summed E-state index contributed by atoms with van der Waals surface area (Å²) in [7, 11) is 1.38. The molecule has 22 heavy (non-hydrogen) atoms. The topological polar surface area (TPSA) is 111 Å². The summed E-state index contributed by atoms with van der Waals surface area (Å²) < 4.78 is 4.91. The van der Waals surface area contributed by atoms with Gasteiger partial charge < -0.3 is 20.1 Å². The number of benzene rings is 2. The molecule has 114 valence electrons. The summed E-state index contributed by atoms with van der Waals surface area (Å²) in [5, 5.41) is 31.9. The fraction of sp³-hybridized carbons (Fsp3) is 0.0667. The fourth-order valence-electron chi connectivity index (χ4n) is 1.69. The Hall–Kier alpha value is -3.22. The highest BCUT2D eigenvalue weighted by Crippen LogP contribution is 2.26. The number of phenolic OH excluding ortho intramolecular Hbond substituents is 3. The lowest BCUT2D eigenvalue weighted by Crippen LogP contribution is -2.17. The Labute approximate surface area is 126 Å². The van der Waals surface area contributed by atoms with Crippen LogP contribution in [-0.2, 0) is 0 Å². The van der Waals surface area contributed by atoms with Crippen LogP contribution in [0.25, 0.3) is 0 Å². The van der Waals surface area contributed by atoms with Gasteiger partial charge in [0.25, 0.3) is 5.91 Å². The maximum absolute atomic E-state index is 11.9. The molecule has 0 aliphatic rings. The predicted octanol–water partition coefficient (Wildman–Crippen LogP) is 1.58. The van der Waals surface area contributed by atoms with Gasteiger partial charge in [-0.2, -0.15) is 5.10 Å². The van der Waals surface area contributed by atoms with Crippen LogP contribution < -0.4 is 10.2 Å². The van der Waals surface area contributed by atoms with Gasteiger partial charge in [0.05, 0.1) is 13.3 Å². The van der Waals surface area contributed by atoms with Crippen molar-refractivity contribution < 1.29 is 24.9 Å². The number of methoxy groups -OCH3 is 1. The molecular weight excluding hydrogens is 288 g/mol. The van der Waals surface area contributed by atoms with Gasteiger partial charge in [-0.1, -0.05) is 0 Å². The van der Waals surface area contributed by atoms with Crippen LogP contribution in [0.15, 0.2) is 41.5 Å². The molecule has 2 rings (SSSR count). The zero-order valence-electron chi connectivity index (χ0n) is 11.6. The Kier molecular flexibility index (Phi) is 4.47. The molecule has 0 fully saturated rings. The highest BCUT2D eigenvalue weighted by molar-refractivity contribution is 5.95. The van der Waals surface area contributed by atoms with Crippen LogP contribution in [0.5, 0.6) is 23.0 Å². The van der Waals surface area contributed by atoms with Gasteiger partial charge in [-0.3, -0.25) is 4.79 Å². The average Bonchev–Trinajstić information content (AvgIpc) is 2.49. The van der Waals surface area contributed by atoms with Crippen molar-refractivity contribution in [2.24, 2.45) is 5.10 Å². The largest absolute Gasteiger partial charge is 0.508 e. The lowest BCUT2D eigenvalue weighted by atomic mass is 10.2. The number of amides is 1. The van der Waals surface area contributed by atoms with Crippen LogP contribution in [0.4, 0.5) is 0 Å². The van der Waals surface area contributed by atoms with Crippen LogP contribution >= 0.6 is 0 Å². The maximum Gasteiger partial charge on any atom is 0.271 e. The van der Waals surface area contributed by atoms with Crippen molar-refractivity contribution in [2.75, 3.05) is 7.11 Å². The van der Waals surface area contributed by atoms with Crippen molar-refractivity contribution >= 4 is 12.1 Å². The van der Waals surface area contributed by atoms with E-state index in [0.29, 0.717) is 5.56 Å². The molecule has 0 heterocycles. The maximum atomic E-state index is 11.9. The van der Waals surface area contributed by atoms with Crippen LogP contribution in [0.3, 0.4) is 0 Å². The zero-order chi connectivity index (χ0) is 16.1. The molecule has 0 saturated heterocycles. The first-order valence-corrected chi connectivity index (χ1v) is 6.23. The first-order valence-electron chi connectivity index (χ1n) is 6.23. The number of rotatable bonds is 4. The van der Waals surface area contributed by atoms with E-state index in [4.69, 9.17) is 9.84 Å². The Morgan fingerprint density at radius 1 is 1.14 bits per heavy atom. The number of hydrazone groups is 1. The first kappa shape index (κ1) is 15.2. The summed E-state index contributed by atoms with van der Waals surface area (Å²) in [6, 6.07) is 8.12. The van der Waals surface area contributed by atoms with Crippen LogP contribution in [0.2, 0.25) is 0 Å². The standard InChI is InChI=1S/C15H14N2O5/c1-22-14-6-9(3-5-12(14)19)15(21)17-16-8-10-2-4-11(18)7-13(10)20/h2-8,18-20H,1H3,(H,17,21). The number of ether oxygens (including phenoxy) is 1. The van der Waals surface area contributed by atoms with Crippen LogP contribution in [-0.4, -0.2) is 34.6 Å².